The number of carbonyl (C=O) groups is 3. The monoisotopic (exact) mass is 408 g/mol. The number of alkyl halides is 1. The largest absolute Gasteiger partial charge is 0.348 e. The summed E-state index contributed by atoms with van der Waals surface area (Å²) in [5.41, 5.74) is 6.74. The van der Waals surface area contributed by atoms with Gasteiger partial charge in [0.1, 0.15) is 17.9 Å². The van der Waals surface area contributed by atoms with Crippen LogP contribution in [0.2, 0.25) is 0 Å². The minimum absolute atomic E-state index is 0.0644. The highest BCUT2D eigenvalue weighted by atomic mass is 19.1. The van der Waals surface area contributed by atoms with Crippen LogP contribution < -0.4 is 11.1 Å². The molecule has 2 aliphatic heterocycles. The number of nitrogens with zero attached hydrogens (tertiary/aromatic N) is 2. The van der Waals surface area contributed by atoms with Gasteiger partial charge in [-0.3, -0.25) is 14.4 Å². The zero-order chi connectivity index (χ0) is 21.1. The Labute approximate surface area is 168 Å². The third-order valence-electron chi connectivity index (χ3n) is 5.72. The summed E-state index contributed by atoms with van der Waals surface area (Å²) in [5.74, 6) is -1.73. The van der Waals surface area contributed by atoms with Crippen LogP contribution in [-0.4, -0.2) is 65.4 Å². The number of hydrogen-bond donors (Lipinski definition) is 2. The van der Waals surface area contributed by atoms with E-state index in [4.69, 9.17) is 5.73 Å². The smallest absolute Gasteiger partial charge is 0.254 e. The van der Waals surface area contributed by atoms with Gasteiger partial charge >= 0.3 is 0 Å². The second kappa shape index (κ2) is 8.86. The number of carbonyl (C=O) groups excluding carboxylic acids is 3. The van der Waals surface area contributed by atoms with E-state index < -0.39 is 30.6 Å². The van der Waals surface area contributed by atoms with E-state index in [1.165, 1.54) is 21.9 Å². The van der Waals surface area contributed by atoms with Crippen LogP contribution >= 0.6 is 0 Å². The molecule has 3 N–H and O–H groups in total. The summed E-state index contributed by atoms with van der Waals surface area (Å²) < 4.78 is 25.9. The molecule has 1 aromatic carbocycles. The van der Waals surface area contributed by atoms with Crippen LogP contribution in [0.3, 0.4) is 0 Å². The van der Waals surface area contributed by atoms with E-state index in [0.717, 1.165) is 5.56 Å². The maximum Gasteiger partial charge on any atom is 0.254 e. The quantitative estimate of drug-likeness (QED) is 0.774. The number of benzene rings is 1. The van der Waals surface area contributed by atoms with Crippen molar-refractivity contribution in [2.45, 2.75) is 50.4 Å². The van der Waals surface area contributed by atoms with Crippen molar-refractivity contribution >= 4 is 17.7 Å². The summed E-state index contributed by atoms with van der Waals surface area (Å²) in [6.07, 6.45) is 1.57. The predicted octanol–water partition coefficient (Wildman–Crippen LogP) is 0.892. The Morgan fingerprint density at radius 3 is 2.59 bits per heavy atom. The average molecular weight is 408 g/mol. The standard InChI is InChI=1S/C20H26F2N4O3/c1-12(13-2-4-14(22)5-3-13)24-19(28)17-7-6-15-8-9-25(18(27)10-21)11-16(23)20(29)26(15)17/h2-5,12,15-17H,6-11,23H2,1H3,(H,24,28)/t12-,15-,16+,17+/m1/s1. The predicted molar refractivity (Wildman–Crippen MR) is 102 cm³/mol. The summed E-state index contributed by atoms with van der Waals surface area (Å²) in [6, 6.07) is 3.64. The van der Waals surface area contributed by atoms with Gasteiger partial charge in [-0.25, -0.2) is 8.78 Å². The van der Waals surface area contributed by atoms with E-state index in [9.17, 15) is 23.2 Å². The first-order chi connectivity index (χ1) is 13.8. The normalized spacial score (nSPS) is 25.8. The Bertz CT molecular complexity index is 773. The average Bonchev–Trinajstić information content (AvgIpc) is 3.12. The maximum absolute atomic E-state index is 13.1. The van der Waals surface area contributed by atoms with Gasteiger partial charge in [0.05, 0.1) is 6.04 Å². The van der Waals surface area contributed by atoms with Crippen LogP contribution in [0.1, 0.15) is 37.8 Å². The van der Waals surface area contributed by atoms with Gasteiger partial charge in [-0.15, -0.1) is 0 Å². The molecule has 0 spiro atoms. The second-order valence-corrected chi connectivity index (χ2v) is 7.64. The molecule has 3 amide bonds. The number of fused-ring (bicyclic) bond motifs is 1. The van der Waals surface area contributed by atoms with Crippen molar-refractivity contribution in [3.05, 3.63) is 35.6 Å². The van der Waals surface area contributed by atoms with E-state index in [2.05, 4.69) is 5.32 Å². The van der Waals surface area contributed by atoms with E-state index in [0.29, 0.717) is 25.8 Å². The Morgan fingerprint density at radius 2 is 1.93 bits per heavy atom. The molecule has 4 atom stereocenters. The van der Waals surface area contributed by atoms with Gasteiger partial charge in [0.15, 0.2) is 6.67 Å². The van der Waals surface area contributed by atoms with Crippen LogP contribution in [0.4, 0.5) is 8.78 Å². The molecule has 0 aliphatic carbocycles. The third kappa shape index (κ3) is 4.55. The lowest BCUT2D eigenvalue weighted by Gasteiger charge is -2.37. The lowest BCUT2D eigenvalue weighted by Crippen LogP contribution is -2.59. The molecule has 0 unspecified atom stereocenters. The zero-order valence-electron chi connectivity index (χ0n) is 16.3. The Hall–Kier alpha value is -2.55. The number of halogens is 2. The topological polar surface area (TPSA) is 95.7 Å². The van der Waals surface area contributed by atoms with E-state index >= 15 is 0 Å². The van der Waals surface area contributed by atoms with Crippen LogP contribution in [0.5, 0.6) is 0 Å². The number of hydrogen-bond acceptors (Lipinski definition) is 4. The molecule has 0 radical (unpaired) electrons. The summed E-state index contributed by atoms with van der Waals surface area (Å²) >= 11 is 0. The molecular weight excluding hydrogens is 382 g/mol. The fourth-order valence-electron chi connectivity index (χ4n) is 4.12. The molecule has 2 aliphatic rings. The number of nitrogens with two attached hydrogens (primary N) is 1. The molecule has 3 rings (SSSR count). The van der Waals surface area contributed by atoms with Crippen molar-refractivity contribution in [1.29, 1.82) is 0 Å². The van der Waals surface area contributed by atoms with Gasteiger partial charge in [0, 0.05) is 19.1 Å². The molecule has 2 fully saturated rings. The molecular formula is C20H26F2N4O3. The van der Waals surface area contributed by atoms with Gasteiger partial charge in [-0.1, -0.05) is 12.1 Å². The number of rotatable bonds is 4. The van der Waals surface area contributed by atoms with Crippen molar-refractivity contribution in [3.63, 3.8) is 0 Å². The third-order valence-corrected chi connectivity index (χ3v) is 5.72. The Balaban J connectivity index is 1.70. The highest BCUT2D eigenvalue weighted by Gasteiger charge is 2.44. The highest BCUT2D eigenvalue weighted by molar-refractivity contribution is 5.91. The lowest BCUT2D eigenvalue weighted by atomic mass is 10.1. The van der Waals surface area contributed by atoms with Crippen molar-refractivity contribution in [3.8, 4) is 0 Å². The number of nitrogens with one attached hydrogen (secondary N) is 1. The fourth-order valence-corrected chi connectivity index (χ4v) is 4.12. The highest BCUT2D eigenvalue weighted by Crippen LogP contribution is 2.29. The van der Waals surface area contributed by atoms with Crippen molar-refractivity contribution in [1.82, 2.24) is 15.1 Å². The van der Waals surface area contributed by atoms with Crippen LogP contribution in [0.15, 0.2) is 24.3 Å². The molecule has 1 aromatic rings. The molecule has 0 bridgehead atoms. The first kappa shape index (κ1) is 21.2. The number of amides is 3. The molecule has 158 valence electrons. The molecule has 29 heavy (non-hydrogen) atoms. The van der Waals surface area contributed by atoms with E-state index in [1.807, 2.05) is 0 Å². The molecule has 7 nitrogen and oxygen atoms in total. The Kier molecular flexibility index (Phi) is 6.46. The SMILES string of the molecule is C[C@@H](NC(=O)[C@@H]1CC[C@@H]2CCN(C(=O)CF)C[C@H](N)C(=O)N21)c1ccc(F)cc1. The van der Waals surface area contributed by atoms with Gasteiger partial charge in [-0.2, -0.15) is 0 Å². The van der Waals surface area contributed by atoms with E-state index in [-0.39, 0.29) is 30.4 Å². The summed E-state index contributed by atoms with van der Waals surface area (Å²) in [6.45, 7) is 0.900. The molecule has 9 heteroatoms. The lowest BCUT2D eigenvalue weighted by molar-refractivity contribution is -0.145. The minimum Gasteiger partial charge on any atom is -0.348 e. The summed E-state index contributed by atoms with van der Waals surface area (Å²) in [4.78, 5) is 40.3. The van der Waals surface area contributed by atoms with Gasteiger partial charge < -0.3 is 20.9 Å². The molecule has 2 saturated heterocycles. The Morgan fingerprint density at radius 1 is 1.24 bits per heavy atom. The van der Waals surface area contributed by atoms with Crippen molar-refractivity contribution < 1.29 is 23.2 Å². The summed E-state index contributed by atoms with van der Waals surface area (Å²) in [5, 5.41) is 2.89. The molecule has 0 saturated carbocycles. The van der Waals surface area contributed by atoms with Crippen molar-refractivity contribution in [2.75, 3.05) is 19.8 Å². The zero-order valence-corrected chi connectivity index (χ0v) is 16.3. The molecule has 0 aromatic heterocycles. The second-order valence-electron chi connectivity index (χ2n) is 7.64. The van der Waals surface area contributed by atoms with Crippen LogP contribution in [-0.2, 0) is 14.4 Å². The van der Waals surface area contributed by atoms with Gasteiger partial charge in [-0.05, 0) is 43.9 Å². The van der Waals surface area contributed by atoms with Crippen LogP contribution in [0.25, 0.3) is 0 Å². The van der Waals surface area contributed by atoms with Gasteiger partial charge in [0.2, 0.25) is 11.8 Å². The minimum atomic E-state index is -1.12. The first-order valence-electron chi connectivity index (χ1n) is 9.79. The van der Waals surface area contributed by atoms with Crippen LogP contribution in [0, 0.1) is 5.82 Å². The van der Waals surface area contributed by atoms with E-state index in [1.54, 1.807) is 19.1 Å². The maximum atomic E-state index is 13.1. The fraction of sp³-hybridized carbons (Fsp3) is 0.550. The summed E-state index contributed by atoms with van der Waals surface area (Å²) in [7, 11) is 0. The first-order valence-corrected chi connectivity index (χ1v) is 9.79. The molecule has 2 heterocycles. The van der Waals surface area contributed by atoms with Crippen molar-refractivity contribution in [2.24, 2.45) is 5.73 Å². The van der Waals surface area contributed by atoms with Gasteiger partial charge in [0.25, 0.3) is 5.91 Å².